The second-order valence-electron chi connectivity index (χ2n) is 8.14. The minimum atomic E-state index is -4.45. The van der Waals surface area contributed by atoms with E-state index in [0.717, 1.165) is 12.1 Å². The smallest absolute Gasteiger partial charge is 0.300 e. The Labute approximate surface area is 201 Å². The molecule has 1 unspecified atom stereocenters. The molecule has 1 fully saturated rings. The summed E-state index contributed by atoms with van der Waals surface area (Å²) in [6, 6.07) is 10.8. The highest BCUT2D eigenvalue weighted by molar-refractivity contribution is 7.90. The lowest BCUT2D eigenvalue weighted by atomic mass is 10.0. The Hall–Kier alpha value is -3.54. The van der Waals surface area contributed by atoms with Gasteiger partial charge < -0.3 is 14.4 Å². The summed E-state index contributed by atoms with van der Waals surface area (Å²) in [4.78, 5) is 26.5. The van der Waals surface area contributed by atoms with E-state index in [0.29, 0.717) is 36.9 Å². The Morgan fingerprint density at radius 1 is 1.17 bits per heavy atom. The number of aliphatic hydroxyl groups is 1. The van der Waals surface area contributed by atoms with Gasteiger partial charge in [0, 0.05) is 30.1 Å². The fourth-order valence-electron chi connectivity index (χ4n) is 3.91. The number of piperidine rings is 1. The summed E-state index contributed by atoms with van der Waals surface area (Å²) in [6.07, 6.45) is 1.94. The van der Waals surface area contributed by atoms with Crippen LogP contribution in [0.2, 0.25) is 0 Å². The lowest BCUT2D eigenvalue weighted by Crippen LogP contribution is -2.47. The molecule has 0 spiro atoms. The Morgan fingerprint density at radius 3 is 2.57 bits per heavy atom. The third-order valence-corrected chi connectivity index (χ3v) is 7.12. The van der Waals surface area contributed by atoms with Crippen LogP contribution in [0.5, 0.6) is 0 Å². The number of fused-ring (bicyclic) bond motifs is 1. The van der Waals surface area contributed by atoms with Crippen molar-refractivity contribution in [2.24, 2.45) is 0 Å². The molecule has 2 aromatic carbocycles. The number of furan rings is 1. The fraction of sp³-hybridized carbons (Fsp3) is 0.250. The minimum absolute atomic E-state index is 0.0707. The molecular weight excluding hydrogens is 477 g/mol. The van der Waals surface area contributed by atoms with Crippen molar-refractivity contribution >= 4 is 32.8 Å². The van der Waals surface area contributed by atoms with Crippen LogP contribution in [0.1, 0.15) is 33.8 Å². The molecule has 11 heteroatoms. The van der Waals surface area contributed by atoms with Crippen molar-refractivity contribution in [2.75, 3.05) is 13.1 Å². The van der Waals surface area contributed by atoms with Crippen LogP contribution in [0.4, 0.5) is 4.39 Å². The monoisotopic (exact) mass is 501 g/mol. The van der Waals surface area contributed by atoms with Crippen LogP contribution >= 0.6 is 0 Å². The molecule has 2 amide bonds. The van der Waals surface area contributed by atoms with Gasteiger partial charge in [0.05, 0.1) is 0 Å². The Balaban J connectivity index is 1.46. The predicted octanol–water partition coefficient (Wildman–Crippen LogP) is 2.39. The van der Waals surface area contributed by atoms with Gasteiger partial charge in [-0.05, 0) is 49.2 Å². The number of carbonyl (C=O) groups excluding carboxylic acids is 2. The van der Waals surface area contributed by atoms with Crippen LogP contribution in [0.25, 0.3) is 11.0 Å². The average molecular weight is 502 g/mol. The Bertz CT molecular complexity index is 1380. The summed E-state index contributed by atoms with van der Waals surface area (Å²) < 4.78 is 45.9. The number of sulfonamides is 1. The molecule has 3 N–H and O–H groups in total. The molecule has 3 aromatic rings. The van der Waals surface area contributed by atoms with Crippen LogP contribution < -0.4 is 10.0 Å². The standard InChI is InChI=1S/C24H24FN3O6S/c1-2-22(29)26-17-9-11-28(12-10-17)24(31)16-8-7-15-13-20(34-19(15)14-16)23(30)27-35(32,33)21-6-4-3-5-18(21)25/h2-8,13-14,17,22,26,29H,1,9-12H2,(H,27,30). The van der Waals surface area contributed by atoms with E-state index in [4.69, 9.17) is 4.42 Å². The van der Waals surface area contributed by atoms with Gasteiger partial charge in [0.25, 0.3) is 15.9 Å². The lowest BCUT2D eigenvalue weighted by Gasteiger charge is -2.33. The Kier molecular flexibility index (Phi) is 7.01. The molecule has 9 nitrogen and oxygen atoms in total. The van der Waals surface area contributed by atoms with Crippen molar-refractivity contribution in [3.05, 3.63) is 78.3 Å². The van der Waals surface area contributed by atoms with Gasteiger partial charge in [-0.25, -0.2) is 17.5 Å². The number of aliphatic hydroxyl groups excluding tert-OH is 1. The summed E-state index contributed by atoms with van der Waals surface area (Å²) in [6.45, 7) is 4.52. The van der Waals surface area contributed by atoms with Crippen molar-refractivity contribution < 1.29 is 31.9 Å². The van der Waals surface area contributed by atoms with E-state index >= 15 is 0 Å². The maximum absolute atomic E-state index is 13.9. The van der Waals surface area contributed by atoms with Crippen LogP contribution in [0, 0.1) is 5.82 Å². The van der Waals surface area contributed by atoms with Crippen molar-refractivity contribution in [2.45, 2.75) is 30.0 Å². The molecule has 184 valence electrons. The molecule has 1 atom stereocenters. The second-order valence-corrected chi connectivity index (χ2v) is 9.79. The summed E-state index contributed by atoms with van der Waals surface area (Å²) in [5.41, 5.74) is 0.588. The first-order valence-corrected chi connectivity index (χ1v) is 12.4. The second kappa shape index (κ2) is 9.98. The van der Waals surface area contributed by atoms with E-state index < -0.39 is 32.9 Å². The molecule has 1 aliphatic rings. The van der Waals surface area contributed by atoms with Crippen molar-refractivity contribution in [1.29, 1.82) is 0 Å². The van der Waals surface area contributed by atoms with E-state index in [-0.39, 0.29) is 23.3 Å². The number of amides is 2. The third-order valence-electron chi connectivity index (χ3n) is 5.76. The zero-order valence-electron chi connectivity index (χ0n) is 18.6. The van der Waals surface area contributed by atoms with Crippen LogP contribution in [-0.2, 0) is 10.0 Å². The normalized spacial score (nSPS) is 15.7. The van der Waals surface area contributed by atoms with E-state index in [9.17, 15) is 27.5 Å². The topological polar surface area (TPSA) is 129 Å². The Morgan fingerprint density at radius 2 is 1.89 bits per heavy atom. The van der Waals surface area contributed by atoms with Gasteiger partial charge in [0.1, 0.15) is 22.5 Å². The van der Waals surface area contributed by atoms with Crippen LogP contribution in [-0.4, -0.2) is 55.6 Å². The first-order valence-electron chi connectivity index (χ1n) is 10.9. The average Bonchev–Trinajstić information content (AvgIpc) is 3.27. The zero-order chi connectivity index (χ0) is 25.2. The van der Waals surface area contributed by atoms with E-state index in [1.165, 1.54) is 30.3 Å². The summed E-state index contributed by atoms with van der Waals surface area (Å²) in [7, 11) is -4.45. The largest absolute Gasteiger partial charge is 0.451 e. The van der Waals surface area contributed by atoms with Gasteiger partial charge in [0.15, 0.2) is 5.76 Å². The zero-order valence-corrected chi connectivity index (χ0v) is 19.4. The fourth-order valence-corrected chi connectivity index (χ4v) is 4.94. The molecule has 1 aromatic heterocycles. The number of carbonyl (C=O) groups is 2. The van der Waals surface area contributed by atoms with Crippen LogP contribution in [0.3, 0.4) is 0 Å². The quantitative estimate of drug-likeness (QED) is 0.335. The summed E-state index contributed by atoms with van der Waals surface area (Å²) in [5, 5.41) is 13.2. The number of benzene rings is 2. The third kappa shape index (κ3) is 5.42. The van der Waals surface area contributed by atoms with Gasteiger partial charge in [-0.3, -0.25) is 14.9 Å². The van der Waals surface area contributed by atoms with Crippen molar-refractivity contribution in [3.8, 4) is 0 Å². The first-order chi connectivity index (χ1) is 16.7. The van der Waals surface area contributed by atoms with Crippen molar-refractivity contribution in [3.63, 3.8) is 0 Å². The molecule has 35 heavy (non-hydrogen) atoms. The maximum atomic E-state index is 13.9. The van der Waals surface area contributed by atoms with Gasteiger partial charge in [-0.1, -0.05) is 24.8 Å². The van der Waals surface area contributed by atoms with E-state index in [1.54, 1.807) is 21.8 Å². The number of likely N-dealkylation sites (tertiary alicyclic amines) is 1. The number of hydrogen-bond acceptors (Lipinski definition) is 7. The molecule has 0 saturated carbocycles. The highest BCUT2D eigenvalue weighted by Crippen LogP contribution is 2.23. The number of hydrogen-bond donors (Lipinski definition) is 3. The molecule has 1 aliphatic heterocycles. The molecule has 4 rings (SSSR count). The molecule has 0 aliphatic carbocycles. The number of rotatable bonds is 7. The summed E-state index contributed by atoms with van der Waals surface area (Å²) >= 11 is 0. The SMILES string of the molecule is C=CC(O)NC1CCN(C(=O)c2ccc3cc(C(=O)NS(=O)(=O)c4ccccc4F)oc3c2)CC1. The first kappa shape index (κ1) is 24.6. The lowest BCUT2D eigenvalue weighted by molar-refractivity contribution is 0.0680. The highest BCUT2D eigenvalue weighted by atomic mass is 32.2. The molecule has 1 saturated heterocycles. The minimum Gasteiger partial charge on any atom is -0.451 e. The van der Waals surface area contributed by atoms with Crippen LogP contribution in [0.15, 0.2) is 70.5 Å². The number of halogens is 1. The predicted molar refractivity (Wildman–Crippen MR) is 126 cm³/mol. The molecular formula is C24H24FN3O6S. The number of nitrogens with zero attached hydrogens (tertiary/aromatic N) is 1. The summed E-state index contributed by atoms with van der Waals surface area (Å²) in [5.74, 6) is -2.55. The maximum Gasteiger partial charge on any atom is 0.300 e. The van der Waals surface area contributed by atoms with Gasteiger partial charge in [0.2, 0.25) is 0 Å². The van der Waals surface area contributed by atoms with E-state index in [2.05, 4.69) is 11.9 Å². The molecule has 0 radical (unpaired) electrons. The molecule has 2 heterocycles. The van der Waals surface area contributed by atoms with Crippen molar-refractivity contribution in [1.82, 2.24) is 14.9 Å². The van der Waals surface area contributed by atoms with Gasteiger partial charge >= 0.3 is 5.91 Å². The highest BCUT2D eigenvalue weighted by Gasteiger charge is 2.26. The van der Waals surface area contributed by atoms with Gasteiger partial charge in [-0.15, -0.1) is 0 Å². The molecule has 0 bridgehead atoms. The number of nitrogens with one attached hydrogen (secondary N) is 2. The van der Waals surface area contributed by atoms with Gasteiger partial charge in [-0.2, -0.15) is 0 Å². The van der Waals surface area contributed by atoms with E-state index in [1.807, 2.05) is 0 Å².